The van der Waals surface area contributed by atoms with Gasteiger partial charge in [0.25, 0.3) is 0 Å². The number of hydrogen-bond donors (Lipinski definition) is 1. The number of sulfonamides is 1. The van der Waals surface area contributed by atoms with Crippen LogP contribution >= 0.6 is 11.6 Å². The topological polar surface area (TPSA) is 49.4 Å². The summed E-state index contributed by atoms with van der Waals surface area (Å²) >= 11 is 5.80. The molecule has 1 N–H and O–H groups in total. The molecular weight excluding hydrogens is 308 g/mol. The third kappa shape index (κ3) is 5.11. The Bertz CT molecular complexity index is 578. The average Bonchev–Trinajstić information content (AvgIpc) is 2.48. The van der Waals surface area contributed by atoms with Gasteiger partial charge in [0.1, 0.15) is 0 Å². The van der Waals surface area contributed by atoms with E-state index in [9.17, 15) is 8.42 Å². The SMILES string of the molecule is CN(CC1CCCNC1)S(=O)(=O)/C=C/c1ccc(Cl)cc1. The molecule has 1 aromatic carbocycles. The molecule has 116 valence electrons. The van der Waals surface area contributed by atoms with Crippen LogP contribution < -0.4 is 5.32 Å². The third-order valence-corrected chi connectivity index (χ3v) is 5.40. The Kier molecular flexibility index (Phi) is 5.81. The lowest BCUT2D eigenvalue weighted by Gasteiger charge is -2.26. The molecule has 1 fully saturated rings. The van der Waals surface area contributed by atoms with Crippen molar-refractivity contribution < 1.29 is 8.42 Å². The first kappa shape index (κ1) is 16.5. The van der Waals surface area contributed by atoms with Gasteiger partial charge < -0.3 is 5.32 Å². The van der Waals surface area contributed by atoms with Crippen molar-refractivity contribution in [3.63, 3.8) is 0 Å². The van der Waals surface area contributed by atoms with E-state index in [4.69, 9.17) is 11.6 Å². The number of rotatable bonds is 5. The number of benzene rings is 1. The van der Waals surface area contributed by atoms with Gasteiger partial charge in [0, 0.05) is 24.0 Å². The normalized spacial score (nSPS) is 20.2. The molecule has 1 atom stereocenters. The highest BCUT2D eigenvalue weighted by Crippen LogP contribution is 2.15. The first-order chi connectivity index (χ1) is 9.97. The summed E-state index contributed by atoms with van der Waals surface area (Å²) in [5.74, 6) is 0.391. The van der Waals surface area contributed by atoms with Crippen LogP contribution in [0, 0.1) is 5.92 Å². The van der Waals surface area contributed by atoms with Crippen LogP contribution in [0.2, 0.25) is 5.02 Å². The highest BCUT2D eigenvalue weighted by Gasteiger charge is 2.20. The molecule has 0 aromatic heterocycles. The molecule has 1 saturated heterocycles. The first-order valence-electron chi connectivity index (χ1n) is 7.08. The van der Waals surface area contributed by atoms with Crippen molar-refractivity contribution in [3.8, 4) is 0 Å². The van der Waals surface area contributed by atoms with E-state index in [1.165, 1.54) is 9.71 Å². The molecule has 0 aliphatic carbocycles. The van der Waals surface area contributed by atoms with Gasteiger partial charge in [0.2, 0.25) is 10.0 Å². The van der Waals surface area contributed by atoms with E-state index in [2.05, 4.69) is 5.32 Å². The second kappa shape index (κ2) is 7.40. The Balaban J connectivity index is 1.97. The summed E-state index contributed by atoms with van der Waals surface area (Å²) in [6, 6.07) is 7.06. The van der Waals surface area contributed by atoms with Gasteiger partial charge in [-0.1, -0.05) is 23.7 Å². The quantitative estimate of drug-likeness (QED) is 0.903. The lowest BCUT2D eigenvalue weighted by Crippen LogP contribution is -2.38. The minimum absolute atomic E-state index is 0.391. The van der Waals surface area contributed by atoms with Crippen molar-refractivity contribution in [2.45, 2.75) is 12.8 Å². The number of nitrogens with one attached hydrogen (secondary N) is 1. The second-order valence-electron chi connectivity index (χ2n) is 5.39. The van der Waals surface area contributed by atoms with Crippen molar-refractivity contribution in [1.29, 1.82) is 0 Å². The minimum Gasteiger partial charge on any atom is -0.316 e. The lowest BCUT2D eigenvalue weighted by molar-refractivity contribution is 0.316. The number of halogens is 1. The summed E-state index contributed by atoms with van der Waals surface area (Å²) in [7, 11) is -1.74. The maximum Gasteiger partial charge on any atom is 0.235 e. The third-order valence-electron chi connectivity index (χ3n) is 3.65. The molecule has 4 nitrogen and oxygen atoms in total. The van der Waals surface area contributed by atoms with E-state index < -0.39 is 10.0 Å². The molecule has 0 radical (unpaired) electrons. The molecule has 1 aliphatic rings. The maximum atomic E-state index is 12.2. The summed E-state index contributed by atoms with van der Waals surface area (Å²) in [5, 5.41) is 5.20. The van der Waals surface area contributed by atoms with Gasteiger partial charge in [-0.25, -0.2) is 12.7 Å². The first-order valence-corrected chi connectivity index (χ1v) is 8.96. The second-order valence-corrected chi connectivity index (χ2v) is 7.75. The maximum absolute atomic E-state index is 12.2. The molecule has 1 aliphatic heterocycles. The minimum atomic E-state index is -3.38. The van der Waals surface area contributed by atoms with Crippen LogP contribution in [-0.4, -0.2) is 39.4 Å². The van der Waals surface area contributed by atoms with Crippen LogP contribution in [0.3, 0.4) is 0 Å². The summed E-state index contributed by atoms with van der Waals surface area (Å²) in [5.41, 5.74) is 0.815. The van der Waals surface area contributed by atoms with E-state index in [0.29, 0.717) is 17.5 Å². The lowest BCUT2D eigenvalue weighted by atomic mass is 10.00. The van der Waals surface area contributed by atoms with Gasteiger partial charge >= 0.3 is 0 Å². The molecule has 21 heavy (non-hydrogen) atoms. The summed E-state index contributed by atoms with van der Waals surface area (Å²) in [6.45, 7) is 2.48. The van der Waals surface area contributed by atoms with Crippen molar-refractivity contribution in [3.05, 3.63) is 40.3 Å². The van der Waals surface area contributed by atoms with Crippen molar-refractivity contribution in [2.75, 3.05) is 26.7 Å². The Morgan fingerprint density at radius 2 is 2.10 bits per heavy atom. The largest absolute Gasteiger partial charge is 0.316 e. The number of piperidine rings is 1. The zero-order valence-electron chi connectivity index (χ0n) is 12.1. The van der Waals surface area contributed by atoms with Crippen molar-refractivity contribution in [2.24, 2.45) is 5.92 Å². The van der Waals surface area contributed by atoms with E-state index in [1.807, 2.05) is 0 Å². The summed E-state index contributed by atoms with van der Waals surface area (Å²) in [6.07, 6.45) is 3.79. The highest BCUT2D eigenvalue weighted by atomic mass is 35.5. The fourth-order valence-electron chi connectivity index (χ4n) is 2.39. The predicted octanol–water partition coefficient (Wildman–Crippen LogP) is 2.57. The Morgan fingerprint density at radius 1 is 1.38 bits per heavy atom. The van der Waals surface area contributed by atoms with Gasteiger partial charge in [-0.3, -0.25) is 0 Å². The van der Waals surface area contributed by atoms with Crippen LogP contribution in [0.25, 0.3) is 6.08 Å². The van der Waals surface area contributed by atoms with Crippen LogP contribution in [0.5, 0.6) is 0 Å². The molecule has 6 heteroatoms. The smallest absolute Gasteiger partial charge is 0.235 e. The van der Waals surface area contributed by atoms with Gasteiger partial charge in [0.05, 0.1) is 0 Å². The molecule has 0 bridgehead atoms. The summed E-state index contributed by atoms with van der Waals surface area (Å²) < 4.78 is 25.9. The predicted molar refractivity (Wildman–Crippen MR) is 87.6 cm³/mol. The van der Waals surface area contributed by atoms with E-state index in [0.717, 1.165) is 31.5 Å². The van der Waals surface area contributed by atoms with Crippen molar-refractivity contribution >= 4 is 27.7 Å². The molecule has 0 amide bonds. The van der Waals surface area contributed by atoms with Gasteiger partial charge in [-0.15, -0.1) is 0 Å². The molecule has 0 saturated carbocycles. The molecule has 1 heterocycles. The van der Waals surface area contributed by atoms with Gasteiger partial charge in [0.15, 0.2) is 0 Å². The average molecular weight is 329 g/mol. The monoisotopic (exact) mass is 328 g/mol. The summed E-state index contributed by atoms with van der Waals surface area (Å²) in [4.78, 5) is 0. The molecule has 0 spiro atoms. The van der Waals surface area contributed by atoms with Crippen LogP contribution in [0.15, 0.2) is 29.7 Å². The highest BCUT2D eigenvalue weighted by molar-refractivity contribution is 7.92. The Morgan fingerprint density at radius 3 is 2.71 bits per heavy atom. The molecule has 1 unspecified atom stereocenters. The molecule has 2 rings (SSSR count). The van der Waals surface area contributed by atoms with E-state index >= 15 is 0 Å². The van der Waals surface area contributed by atoms with Gasteiger partial charge in [-0.2, -0.15) is 0 Å². The fourth-order valence-corrected chi connectivity index (χ4v) is 3.47. The van der Waals surface area contributed by atoms with Crippen LogP contribution in [-0.2, 0) is 10.0 Å². The Hall–Kier alpha value is -0.880. The van der Waals surface area contributed by atoms with Gasteiger partial charge in [-0.05, 0) is 55.6 Å². The zero-order valence-corrected chi connectivity index (χ0v) is 13.7. The standard InChI is InChI=1S/C15H21ClN2O2S/c1-18(12-14-3-2-9-17-11-14)21(19,20)10-8-13-4-6-15(16)7-5-13/h4-8,10,14,17H,2-3,9,11-12H2,1H3/b10-8+. The molecule has 1 aromatic rings. The number of nitrogens with zero attached hydrogens (tertiary/aromatic N) is 1. The zero-order chi connectivity index (χ0) is 15.3. The molecular formula is C15H21ClN2O2S. The van der Waals surface area contributed by atoms with Crippen LogP contribution in [0.4, 0.5) is 0 Å². The number of hydrogen-bond acceptors (Lipinski definition) is 3. The van der Waals surface area contributed by atoms with E-state index in [1.54, 1.807) is 37.4 Å². The van der Waals surface area contributed by atoms with E-state index in [-0.39, 0.29) is 0 Å². The Labute approximate surface area is 131 Å². The van der Waals surface area contributed by atoms with Crippen LogP contribution in [0.1, 0.15) is 18.4 Å². The fraction of sp³-hybridized carbons (Fsp3) is 0.467. The van der Waals surface area contributed by atoms with Crippen molar-refractivity contribution in [1.82, 2.24) is 9.62 Å².